The summed E-state index contributed by atoms with van der Waals surface area (Å²) >= 11 is 1.62. The SMILES string of the molecule is O=C(/C=C/c1cccs1)N1CCN(c2ccc(-c3ccccn3)nn2)CC1. The van der Waals surface area contributed by atoms with Gasteiger partial charge in [-0.05, 0) is 41.8 Å². The van der Waals surface area contributed by atoms with Crippen molar-refractivity contribution in [3.05, 3.63) is 65.0 Å². The molecule has 4 rings (SSSR count). The Hall–Kier alpha value is -3.06. The van der Waals surface area contributed by atoms with Gasteiger partial charge in [-0.25, -0.2) is 0 Å². The van der Waals surface area contributed by atoms with E-state index in [2.05, 4.69) is 20.1 Å². The number of aromatic nitrogens is 3. The van der Waals surface area contributed by atoms with Crippen molar-refractivity contribution in [3.8, 4) is 11.4 Å². The molecule has 0 saturated carbocycles. The number of rotatable bonds is 4. The third-order valence-electron chi connectivity index (χ3n) is 4.43. The number of carbonyl (C=O) groups is 1. The third-order valence-corrected chi connectivity index (χ3v) is 5.26. The van der Waals surface area contributed by atoms with Gasteiger partial charge in [0.2, 0.25) is 5.91 Å². The van der Waals surface area contributed by atoms with Crippen molar-refractivity contribution in [2.24, 2.45) is 0 Å². The molecule has 0 aliphatic carbocycles. The van der Waals surface area contributed by atoms with Crippen molar-refractivity contribution < 1.29 is 4.79 Å². The number of piperazine rings is 1. The maximum Gasteiger partial charge on any atom is 0.246 e. The van der Waals surface area contributed by atoms with Crippen molar-refractivity contribution in [1.82, 2.24) is 20.1 Å². The van der Waals surface area contributed by atoms with Crippen molar-refractivity contribution in [3.63, 3.8) is 0 Å². The molecule has 136 valence electrons. The molecule has 3 aromatic heterocycles. The molecule has 1 amide bonds. The standard InChI is InChI=1S/C20H19N5OS/c26-20(9-6-16-4-3-15-27-16)25-13-11-24(12-14-25)19-8-7-18(22-23-19)17-5-1-2-10-21-17/h1-10,15H,11-14H2/b9-6+. The predicted octanol–water partition coefficient (Wildman–Crippen LogP) is 2.96. The van der Waals surface area contributed by atoms with Crippen LogP contribution < -0.4 is 4.90 Å². The van der Waals surface area contributed by atoms with Crippen LogP contribution in [0.1, 0.15) is 4.88 Å². The van der Waals surface area contributed by atoms with Crippen molar-refractivity contribution in [2.45, 2.75) is 0 Å². The van der Waals surface area contributed by atoms with E-state index in [1.54, 1.807) is 23.6 Å². The summed E-state index contributed by atoms with van der Waals surface area (Å²) in [6.45, 7) is 2.85. The van der Waals surface area contributed by atoms with E-state index < -0.39 is 0 Å². The second-order valence-corrected chi connectivity index (χ2v) is 7.13. The molecule has 0 atom stereocenters. The molecule has 0 unspecified atom stereocenters. The maximum absolute atomic E-state index is 12.3. The predicted molar refractivity (Wildman–Crippen MR) is 107 cm³/mol. The Morgan fingerprint density at radius 1 is 0.963 bits per heavy atom. The van der Waals surface area contributed by atoms with Crippen LogP contribution in [0.5, 0.6) is 0 Å². The minimum atomic E-state index is 0.0552. The molecule has 1 saturated heterocycles. The highest BCUT2D eigenvalue weighted by atomic mass is 32.1. The molecule has 6 nitrogen and oxygen atoms in total. The fourth-order valence-corrected chi connectivity index (χ4v) is 3.56. The normalized spacial score (nSPS) is 14.7. The van der Waals surface area contributed by atoms with E-state index in [1.165, 1.54) is 0 Å². The Bertz CT molecular complexity index is 901. The molecule has 7 heteroatoms. The molecule has 0 bridgehead atoms. The van der Waals surface area contributed by atoms with Gasteiger partial charge >= 0.3 is 0 Å². The highest BCUT2D eigenvalue weighted by molar-refractivity contribution is 7.10. The fraction of sp³-hybridized carbons (Fsp3) is 0.200. The molecule has 1 fully saturated rings. The van der Waals surface area contributed by atoms with Crippen LogP contribution in [0.4, 0.5) is 5.82 Å². The molecule has 0 spiro atoms. The molecular weight excluding hydrogens is 358 g/mol. The van der Waals surface area contributed by atoms with Crippen LogP contribution in [0, 0.1) is 0 Å². The molecule has 27 heavy (non-hydrogen) atoms. The van der Waals surface area contributed by atoms with Crippen LogP contribution in [0.2, 0.25) is 0 Å². The summed E-state index contributed by atoms with van der Waals surface area (Å²) in [5.74, 6) is 0.885. The van der Waals surface area contributed by atoms with E-state index in [0.29, 0.717) is 13.1 Å². The fourth-order valence-electron chi connectivity index (χ4n) is 2.95. The average Bonchev–Trinajstić information content (AvgIpc) is 3.27. The topological polar surface area (TPSA) is 62.2 Å². The Balaban J connectivity index is 1.34. The maximum atomic E-state index is 12.3. The second kappa shape index (κ2) is 8.09. The third kappa shape index (κ3) is 4.20. The largest absolute Gasteiger partial charge is 0.352 e. The lowest BCUT2D eigenvalue weighted by molar-refractivity contribution is -0.126. The van der Waals surface area contributed by atoms with Crippen molar-refractivity contribution >= 4 is 29.1 Å². The van der Waals surface area contributed by atoms with Gasteiger partial charge in [-0.2, -0.15) is 0 Å². The van der Waals surface area contributed by atoms with Crippen LogP contribution in [0.3, 0.4) is 0 Å². The number of nitrogens with zero attached hydrogens (tertiary/aromatic N) is 5. The van der Waals surface area contributed by atoms with E-state index in [1.807, 2.05) is 58.8 Å². The summed E-state index contributed by atoms with van der Waals surface area (Å²) in [5, 5.41) is 10.6. The first kappa shape index (κ1) is 17.4. The molecular formula is C20H19N5OS. The molecule has 0 N–H and O–H groups in total. The van der Waals surface area contributed by atoms with Gasteiger partial charge in [0.05, 0.1) is 5.69 Å². The second-order valence-electron chi connectivity index (χ2n) is 6.15. The first-order valence-electron chi connectivity index (χ1n) is 8.80. The summed E-state index contributed by atoms with van der Waals surface area (Å²) in [5.41, 5.74) is 1.57. The number of carbonyl (C=O) groups excluding carboxylic acids is 1. The number of amides is 1. The summed E-state index contributed by atoms with van der Waals surface area (Å²) in [7, 11) is 0. The molecule has 4 heterocycles. The molecule has 1 aliphatic rings. The van der Waals surface area contributed by atoms with Gasteiger partial charge in [-0.1, -0.05) is 12.1 Å². The molecule has 0 aromatic carbocycles. The number of thiophene rings is 1. The average molecular weight is 377 g/mol. The Kier molecular flexibility index (Phi) is 5.20. The van der Waals surface area contributed by atoms with Gasteiger partial charge in [0, 0.05) is 43.3 Å². The van der Waals surface area contributed by atoms with Gasteiger partial charge in [0.1, 0.15) is 5.69 Å². The molecule has 3 aromatic rings. The number of hydrogen-bond donors (Lipinski definition) is 0. The minimum Gasteiger partial charge on any atom is -0.352 e. The lowest BCUT2D eigenvalue weighted by Crippen LogP contribution is -2.48. The van der Waals surface area contributed by atoms with Gasteiger partial charge in [-0.3, -0.25) is 9.78 Å². The molecule has 1 aliphatic heterocycles. The Labute approximate surface area is 161 Å². The quantitative estimate of drug-likeness (QED) is 0.654. The Morgan fingerprint density at radius 3 is 2.52 bits per heavy atom. The van der Waals surface area contributed by atoms with Crippen LogP contribution in [0.25, 0.3) is 17.5 Å². The van der Waals surface area contributed by atoms with E-state index in [4.69, 9.17) is 0 Å². The van der Waals surface area contributed by atoms with Gasteiger partial charge in [-0.15, -0.1) is 21.5 Å². The first-order valence-corrected chi connectivity index (χ1v) is 9.68. The first-order chi connectivity index (χ1) is 13.3. The monoisotopic (exact) mass is 377 g/mol. The van der Waals surface area contributed by atoms with Gasteiger partial charge in [0.25, 0.3) is 0 Å². The zero-order valence-corrected chi connectivity index (χ0v) is 15.5. The number of anilines is 1. The smallest absolute Gasteiger partial charge is 0.246 e. The highest BCUT2D eigenvalue weighted by Gasteiger charge is 2.20. The lowest BCUT2D eigenvalue weighted by Gasteiger charge is -2.34. The summed E-state index contributed by atoms with van der Waals surface area (Å²) in [6.07, 6.45) is 5.28. The van der Waals surface area contributed by atoms with Crippen molar-refractivity contribution in [2.75, 3.05) is 31.1 Å². The van der Waals surface area contributed by atoms with Crippen LogP contribution in [-0.4, -0.2) is 52.2 Å². The van der Waals surface area contributed by atoms with Crippen LogP contribution in [0.15, 0.2) is 60.1 Å². The van der Waals surface area contributed by atoms with E-state index in [-0.39, 0.29) is 5.91 Å². The lowest BCUT2D eigenvalue weighted by atomic mass is 10.2. The number of hydrogen-bond acceptors (Lipinski definition) is 6. The van der Waals surface area contributed by atoms with E-state index in [9.17, 15) is 4.79 Å². The summed E-state index contributed by atoms with van der Waals surface area (Å²) in [4.78, 5) is 21.7. The molecule has 0 radical (unpaired) electrons. The van der Waals surface area contributed by atoms with Gasteiger partial charge < -0.3 is 9.80 Å². The number of pyridine rings is 1. The minimum absolute atomic E-state index is 0.0552. The van der Waals surface area contributed by atoms with Crippen LogP contribution in [-0.2, 0) is 4.79 Å². The van der Waals surface area contributed by atoms with Crippen LogP contribution >= 0.6 is 11.3 Å². The van der Waals surface area contributed by atoms with E-state index >= 15 is 0 Å². The highest BCUT2D eigenvalue weighted by Crippen LogP contribution is 2.18. The summed E-state index contributed by atoms with van der Waals surface area (Å²) < 4.78 is 0. The van der Waals surface area contributed by atoms with Gasteiger partial charge in [0.15, 0.2) is 5.82 Å². The zero-order chi connectivity index (χ0) is 18.5. The zero-order valence-electron chi connectivity index (χ0n) is 14.7. The Morgan fingerprint density at radius 2 is 1.85 bits per heavy atom. The van der Waals surface area contributed by atoms with Crippen molar-refractivity contribution in [1.29, 1.82) is 0 Å². The van der Waals surface area contributed by atoms with E-state index in [0.717, 1.165) is 35.2 Å². The summed E-state index contributed by atoms with van der Waals surface area (Å²) in [6, 6.07) is 13.6.